The number of aryl methyl sites for hydroxylation is 1. The van der Waals surface area contributed by atoms with E-state index in [1.165, 1.54) is 31.4 Å². The summed E-state index contributed by atoms with van der Waals surface area (Å²) in [5.41, 5.74) is 2.32. The number of hydrogen-bond acceptors (Lipinski definition) is 2. The Balaban J connectivity index is 1.78. The molecule has 1 fully saturated rings. The summed E-state index contributed by atoms with van der Waals surface area (Å²) in [6, 6.07) is 3.42. The van der Waals surface area contributed by atoms with E-state index in [-0.39, 0.29) is 0 Å². The molecule has 0 aromatic carbocycles. The Kier molecular flexibility index (Phi) is 3.41. The second-order valence-electron chi connectivity index (χ2n) is 4.80. The predicted octanol–water partition coefficient (Wildman–Crippen LogP) is 2.18. The first kappa shape index (κ1) is 10.7. The zero-order valence-corrected chi connectivity index (χ0v) is 9.71. The molecule has 2 rings (SSSR count). The fourth-order valence-corrected chi connectivity index (χ4v) is 2.45. The molecule has 1 atom stereocenters. The molecule has 2 N–H and O–H groups in total. The van der Waals surface area contributed by atoms with E-state index >= 15 is 0 Å². The maximum atomic E-state index is 4.27. The van der Waals surface area contributed by atoms with Crippen LogP contribution >= 0.6 is 0 Å². The fourth-order valence-electron chi connectivity index (χ4n) is 2.45. The van der Waals surface area contributed by atoms with Crippen LogP contribution in [0.3, 0.4) is 0 Å². The van der Waals surface area contributed by atoms with E-state index in [2.05, 4.69) is 28.5 Å². The van der Waals surface area contributed by atoms with Crippen molar-refractivity contribution in [3.05, 3.63) is 17.5 Å². The molecular formula is C12H21N3. The summed E-state index contributed by atoms with van der Waals surface area (Å²) in [5.74, 6) is 0. The van der Waals surface area contributed by atoms with Crippen molar-refractivity contribution in [2.24, 2.45) is 0 Å². The van der Waals surface area contributed by atoms with Gasteiger partial charge in [-0.3, -0.25) is 5.10 Å². The summed E-state index contributed by atoms with van der Waals surface area (Å²) in [6.07, 6.45) is 6.52. The minimum Gasteiger partial charge on any atom is -0.311 e. The second-order valence-corrected chi connectivity index (χ2v) is 4.80. The molecule has 0 radical (unpaired) electrons. The molecule has 0 bridgehead atoms. The van der Waals surface area contributed by atoms with Crippen molar-refractivity contribution in [3.63, 3.8) is 0 Å². The summed E-state index contributed by atoms with van der Waals surface area (Å²) in [4.78, 5) is 0. The highest BCUT2D eigenvalue weighted by Gasteiger charge is 2.17. The minimum absolute atomic E-state index is 0.538. The topological polar surface area (TPSA) is 40.7 Å². The Morgan fingerprint density at radius 2 is 2.27 bits per heavy atom. The molecule has 1 heterocycles. The molecular weight excluding hydrogens is 186 g/mol. The number of aromatic nitrogens is 2. The van der Waals surface area contributed by atoms with Gasteiger partial charge >= 0.3 is 0 Å². The first-order valence-electron chi connectivity index (χ1n) is 6.01. The fraction of sp³-hybridized carbons (Fsp3) is 0.750. The number of hydrogen-bond donors (Lipinski definition) is 2. The van der Waals surface area contributed by atoms with Crippen molar-refractivity contribution in [1.29, 1.82) is 0 Å². The zero-order chi connectivity index (χ0) is 10.7. The monoisotopic (exact) mass is 207 g/mol. The lowest BCUT2D eigenvalue weighted by Crippen LogP contribution is -2.36. The van der Waals surface area contributed by atoms with Crippen LogP contribution in [-0.2, 0) is 6.42 Å². The third-order valence-corrected chi connectivity index (χ3v) is 3.15. The van der Waals surface area contributed by atoms with Crippen LogP contribution in [0.15, 0.2) is 6.07 Å². The van der Waals surface area contributed by atoms with E-state index in [0.29, 0.717) is 6.04 Å². The molecule has 0 spiro atoms. The second kappa shape index (κ2) is 4.79. The molecule has 1 aliphatic carbocycles. The van der Waals surface area contributed by atoms with Crippen molar-refractivity contribution < 1.29 is 0 Å². The van der Waals surface area contributed by atoms with Gasteiger partial charge < -0.3 is 5.32 Å². The highest BCUT2D eigenvalue weighted by Crippen LogP contribution is 2.18. The van der Waals surface area contributed by atoms with E-state index in [0.717, 1.165) is 18.2 Å². The van der Waals surface area contributed by atoms with Crippen LogP contribution < -0.4 is 5.32 Å². The predicted molar refractivity (Wildman–Crippen MR) is 61.9 cm³/mol. The van der Waals surface area contributed by atoms with Crippen LogP contribution in [0.4, 0.5) is 0 Å². The number of nitrogens with one attached hydrogen (secondary N) is 2. The molecule has 0 aliphatic heterocycles. The maximum absolute atomic E-state index is 4.27. The first-order valence-corrected chi connectivity index (χ1v) is 6.01. The van der Waals surface area contributed by atoms with Crippen molar-refractivity contribution >= 4 is 0 Å². The van der Waals surface area contributed by atoms with E-state index in [9.17, 15) is 0 Å². The molecule has 3 heteroatoms. The molecule has 84 valence electrons. The van der Waals surface area contributed by atoms with Crippen molar-refractivity contribution in [2.45, 2.75) is 58.0 Å². The van der Waals surface area contributed by atoms with Crippen LogP contribution in [0.2, 0.25) is 0 Å². The van der Waals surface area contributed by atoms with Gasteiger partial charge in [-0.1, -0.05) is 12.8 Å². The zero-order valence-electron chi connectivity index (χ0n) is 9.71. The van der Waals surface area contributed by atoms with Gasteiger partial charge in [0.1, 0.15) is 0 Å². The van der Waals surface area contributed by atoms with Crippen LogP contribution in [-0.4, -0.2) is 22.3 Å². The maximum Gasteiger partial charge on any atom is 0.0640 e. The van der Waals surface area contributed by atoms with E-state index in [1.54, 1.807) is 0 Å². The largest absolute Gasteiger partial charge is 0.311 e. The van der Waals surface area contributed by atoms with E-state index in [1.807, 2.05) is 6.92 Å². The summed E-state index contributed by atoms with van der Waals surface area (Å²) < 4.78 is 0. The highest BCUT2D eigenvalue weighted by atomic mass is 15.1. The van der Waals surface area contributed by atoms with Crippen LogP contribution in [0.25, 0.3) is 0 Å². The molecule has 15 heavy (non-hydrogen) atoms. The van der Waals surface area contributed by atoms with Crippen molar-refractivity contribution in [2.75, 3.05) is 0 Å². The minimum atomic E-state index is 0.538. The Hall–Kier alpha value is -0.830. The Bertz CT molecular complexity index is 300. The third-order valence-electron chi connectivity index (χ3n) is 3.15. The number of nitrogens with zero attached hydrogens (tertiary/aromatic N) is 1. The van der Waals surface area contributed by atoms with Gasteiger partial charge in [0.2, 0.25) is 0 Å². The lowest BCUT2D eigenvalue weighted by atomic mass is 10.1. The molecule has 1 saturated carbocycles. The Morgan fingerprint density at radius 3 is 2.87 bits per heavy atom. The first-order chi connectivity index (χ1) is 7.24. The number of H-pyrrole nitrogens is 1. The summed E-state index contributed by atoms with van der Waals surface area (Å²) in [7, 11) is 0. The summed E-state index contributed by atoms with van der Waals surface area (Å²) in [5, 5.41) is 10.9. The highest BCUT2D eigenvalue weighted by molar-refractivity contribution is 5.07. The van der Waals surface area contributed by atoms with Crippen LogP contribution in [0.5, 0.6) is 0 Å². The molecule has 3 nitrogen and oxygen atoms in total. The lowest BCUT2D eigenvalue weighted by molar-refractivity contribution is 0.446. The van der Waals surface area contributed by atoms with Gasteiger partial charge in [0.15, 0.2) is 0 Å². The molecule has 1 aromatic rings. The average molecular weight is 207 g/mol. The number of aromatic amines is 1. The summed E-state index contributed by atoms with van der Waals surface area (Å²) in [6.45, 7) is 4.30. The van der Waals surface area contributed by atoms with Gasteiger partial charge in [-0.2, -0.15) is 5.10 Å². The molecule has 0 saturated heterocycles. The van der Waals surface area contributed by atoms with Gasteiger partial charge in [-0.25, -0.2) is 0 Å². The van der Waals surface area contributed by atoms with Gasteiger partial charge in [0.05, 0.1) is 5.69 Å². The average Bonchev–Trinajstić information content (AvgIpc) is 2.77. The molecule has 1 aliphatic rings. The molecule has 1 unspecified atom stereocenters. The smallest absolute Gasteiger partial charge is 0.0640 e. The lowest BCUT2D eigenvalue weighted by Gasteiger charge is -2.18. The van der Waals surface area contributed by atoms with Gasteiger partial charge in [-0.15, -0.1) is 0 Å². The third kappa shape index (κ3) is 3.06. The standard InChI is InChI=1S/C12H21N3/c1-9(13-11-5-3-4-6-11)7-12-8-10(2)14-15-12/h8-9,11,13H,3-7H2,1-2H3,(H,14,15). The normalized spacial score (nSPS) is 19.6. The van der Waals surface area contributed by atoms with Crippen LogP contribution in [0, 0.1) is 6.92 Å². The van der Waals surface area contributed by atoms with Crippen molar-refractivity contribution in [3.8, 4) is 0 Å². The molecule has 0 amide bonds. The number of rotatable bonds is 4. The Labute approximate surface area is 91.7 Å². The van der Waals surface area contributed by atoms with Gasteiger partial charge in [0, 0.05) is 24.2 Å². The summed E-state index contributed by atoms with van der Waals surface area (Å²) >= 11 is 0. The quantitative estimate of drug-likeness (QED) is 0.794. The Morgan fingerprint density at radius 1 is 1.53 bits per heavy atom. The van der Waals surface area contributed by atoms with Gasteiger partial charge in [-0.05, 0) is 32.8 Å². The SMILES string of the molecule is Cc1cc(CC(C)NC2CCCC2)n[nH]1. The van der Waals surface area contributed by atoms with Crippen molar-refractivity contribution in [1.82, 2.24) is 15.5 Å². The van der Waals surface area contributed by atoms with Crippen LogP contribution in [0.1, 0.15) is 44.0 Å². The van der Waals surface area contributed by atoms with E-state index < -0.39 is 0 Å². The van der Waals surface area contributed by atoms with E-state index in [4.69, 9.17) is 0 Å². The van der Waals surface area contributed by atoms with Gasteiger partial charge in [0.25, 0.3) is 0 Å². The molecule has 1 aromatic heterocycles.